The number of rotatable bonds is 4. The van der Waals surface area contributed by atoms with Crippen molar-refractivity contribution in [1.29, 1.82) is 5.26 Å². The molecule has 2 aromatic rings. The number of nitriles is 1. The number of carboxylic acids is 1. The number of amides is 1. The van der Waals surface area contributed by atoms with E-state index in [0.29, 0.717) is 44.5 Å². The lowest BCUT2D eigenvalue weighted by molar-refractivity contribution is -0.182. The van der Waals surface area contributed by atoms with Gasteiger partial charge in [0.1, 0.15) is 12.4 Å². The van der Waals surface area contributed by atoms with Gasteiger partial charge in [-0.05, 0) is 24.5 Å². The van der Waals surface area contributed by atoms with Crippen LogP contribution in [-0.2, 0) is 9.63 Å². The molecule has 2 fully saturated rings. The lowest BCUT2D eigenvalue weighted by Crippen LogP contribution is -2.42. The second-order valence-corrected chi connectivity index (χ2v) is 7.35. The molecule has 1 atom stereocenters. The summed E-state index contributed by atoms with van der Waals surface area (Å²) in [4.78, 5) is 42.8. The number of carbonyl (C=O) groups is 2. The van der Waals surface area contributed by atoms with E-state index in [1.807, 2.05) is 6.07 Å². The minimum absolute atomic E-state index is 0.0759. The lowest BCUT2D eigenvalue weighted by Gasteiger charge is -2.34. The van der Waals surface area contributed by atoms with Crippen molar-refractivity contribution in [3.8, 4) is 6.07 Å². The largest absolute Gasteiger partial charge is 0.476 e. The van der Waals surface area contributed by atoms with Crippen molar-refractivity contribution in [1.82, 2.24) is 20.0 Å². The van der Waals surface area contributed by atoms with Crippen LogP contribution in [0.25, 0.3) is 0 Å². The second-order valence-electron chi connectivity index (χ2n) is 7.35. The Labute approximate surface area is 176 Å². The highest BCUT2D eigenvalue weighted by atomic mass is 19.1. The van der Waals surface area contributed by atoms with Crippen LogP contribution in [0.2, 0.25) is 0 Å². The molecule has 31 heavy (non-hydrogen) atoms. The van der Waals surface area contributed by atoms with Gasteiger partial charge >= 0.3 is 5.97 Å². The molecule has 0 spiro atoms. The number of anilines is 1. The zero-order valence-electron chi connectivity index (χ0n) is 16.4. The molecule has 0 aliphatic carbocycles. The Hall–Kier alpha value is -3.65. The SMILES string of the molecule is N#Cc1cncc([C@@H]2CCON2C(=O)C2CCN(c3ncnc(C(=O)O)c3F)CC2)c1. The summed E-state index contributed by atoms with van der Waals surface area (Å²) in [5.74, 6) is -3.01. The third-order valence-electron chi connectivity index (χ3n) is 5.51. The molecule has 0 radical (unpaired) electrons. The fourth-order valence-electron chi connectivity index (χ4n) is 3.94. The number of piperidine rings is 1. The number of halogens is 1. The van der Waals surface area contributed by atoms with Crippen molar-refractivity contribution in [2.75, 3.05) is 24.6 Å². The Bertz CT molecular complexity index is 1050. The summed E-state index contributed by atoms with van der Waals surface area (Å²) < 4.78 is 14.4. The lowest BCUT2D eigenvalue weighted by atomic mass is 9.94. The van der Waals surface area contributed by atoms with Gasteiger partial charge in [-0.1, -0.05) is 0 Å². The maximum Gasteiger partial charge on any atom is 0.357 e. The highest BCUT2D eigenvalue weighted by Crippen LogP contribution is 2.34. The third-order valence-corrected chi connectivity index (χ3v) is 5.51. The average molecular weight is 426 g/mol. The molecule has 0 unspecified atom stereocenters. The number of hydrogen-bond donors (Lipinski definition) is 1. The number of nitrogens with zero attached hydrogens (tertiary/aromatic N) is 6. The van der Waals surface area contributed by atoms with E-state index in [4.69, 9.17) is 15.2 Å². The standard InChI is InChI=1S/C20H19FN6O4/c21-16-17(20(29)30)24-11-25-18(16)26-4-1-13(2-5-26)19(28)27-15(3-6-31-27)14-7-12(8-22)9-23-10-14/h7,9-11,13,15H,1-6H2,(H,29,30)/t15-/m0/s1. The maximum absolute atomic E-state index is 14.4. The molecule has 0 bridgehead atoms. The van der Waals surface area contributed by atoms with Crippen LogP contribution in [-0.4, -0.2) is 56.7 Å². The van der Waals surface area contributed by atoms with E-state index in [9.17, 15) is 14.0 Å². The number of carbonyl (C=O) groups excluding carboxylic acids is 1. The number of hydrogen-bond acceptors (Lipinski definition) is 8. The van der Waals surface area contributed by atoms with Crippen LogP contribution in [0, 0.1) is 23.1 Å². The van der Waals surface area contributed by atoms with E-state index in [2.05, 4.69) is 15.0 Å². The topological polar surface area (TPSA) is 133 Å². The molecule has 160 valence electrons. The number of aromatic carboxylic acids is 1. The first kappa shape index (κ1) is 20.6. The summed E-state index contributed by atoms with van der Waals surface area (Å²) in [6, 6.07) is 3.43. The molecule has 0 aromatic carbocycles. The molecule has 0 saturated carbocycles. The van der Waals surface area contributed by atoms with E-state index >= 15 is 0 Å². The van der Waals surface area contributed by atoms with Crippen molar-refractivity contribution in [2.45, 2.75) is 25.3 Å². The smallest absolute Gasteiger partial charge is 0.357 e. The fraction of sp³-hybridized carbons (Fsp3) is 0.400. The van der Waals surface area contributed by atoms with Crippen LogP contribution >= 0.6 is 0 Å². The molecule has 2 saturated heterocycles. The first-order chi connectivity index (χ1) is 15.0. The van der Waals surface area contributed by atoms with Crippen LogP contribution in [0.1, 0.15) is 46.9 Å². The van der Waals surface area contributed by atoms with Gasteiger partial charge in [-0.3, -0.25) is 14.6 Å². The van der Waals surface area contributed by atoms with E-state index < -0.39 is 17.5 Å². The number of carboxylic acid groups (broad SMARTS) is 1. The van der Waals surface area contributed by atoms with Crippen LogP contribution < -0.4 is 4.90 Å². The first-order valence-electron chi connectivity index (χ1n) is 9.79. The zero-order chi connectivity index (χ0) is 22.0. The quantitative estimate of drug-likeness (QED) is 0.775. The highest BCUT2D eigenvalue weighted by molar-refractivity contribution is 5.86. The summed E-state index contributed by atoms with van der Waals surface area (Å²) in [6.07, 6.45) is 5.59. The monoisotopic (exact) mass is 426 g/mol. The summed E-state index contributed by atoms with van der Waals surface area (Å²) >= 11 is 0. The van der Waals surface area contributed by atoms with Crippen LogP contribution in [0.4, 0.5) is 10.2 Å². The van der Waals surface area contributed by atoms with E-state index in [-0.39, 0.29) is 23.7 Å². The summed E-state index contributed by atoms with van der Waals surface area (Å²) in [5, 5.41) is 19.5. The molecule has 10 nitrogen and oxygen atoms in total. The van der Waals surface area contributed by atoms with Crippen LogP contribution in [0.5, 0.6) is 0 Å². The van der Waals surface area contributed by atoms with E-state index in [0.717, 1.165) is 11.9 Å². The number of hydroxylamine groups is 2. The van der Waals surface area contributed by atoms with Gasteiger partial charge in [-0.2, -0.15) is 5.26 Å². The normalized spacial score (nSPS) is 19.3. The predicted octanol–water partition coefficient (Wildman–Crippen LogP) is 1.70. The van der Waals surface area contributed by atoms with E-state index in [1.165, 1.54) is 11.3 Å². The average Bonchev–Trinajstić information content (AvgIpc) is 3.29. The van der Waals surface area contributed by atoms with Gasteiger partial charge in [-0.25, -0.2) is 24.2 Å². The molecule has 2 aliphatic heterocycles. The highest BCUT2D eigenvalue weighted by Gasteiger charge is 2.37. The van der Waals surface area contributed by atoms with Gasteiger partial charge in [0.25, 0.3) is 0 Å². The van der Waals surface area contributed by atoms with Crippen molar-refractivity contribution < 1.29 is 23.9 Å². The van der Waals surface area contributed by atoms with Crippen LogP contribution in [0.3, 0.4) is 0 Å². The minimum atomic E-state index is -1.46. The Kier molecular flexibility index (Phi) is 5.73. The Morgan fingerprint density at radius 1 is 1.23 bits per heavy atom. The van der Waals surface area contributed by atoms with Crippen molar-refractivity contribution in [2.24, 2.45) is 5.92 Å². The molecule has 2 aliphatic rings. The molecule has 4 rings (SSSR count). The number of aromatic nitrogens is 3. The van der Waals surface area contributed by atoms with Gasteiger partial charge < -0.3 is 10.0 Å². The Morgan fingerprint density at radius 2 is 2.00 bits per heavy atom. The Morgan fingerprint density at radius 3 is 2.71 bits per heavy atom. The van der Waals surface area contributed by atoms with Gasteiger partial charge in [-0.15, -0.1) is 0 Å². The molecule has 4 heterocycles. The molecule has 1 amide bonds. The second kappa shape index (κ2) is 8.61. The van der Waals surface area contributed by atoms with Crippen LogP contribution in [0.15, 0.2) is 24.8 Å². The predicted molar refractivity (Wildman–Crippen MR) is 103 cm³/mol. The molecule has 2 aromatic heterocycles. The first-order valence-corrected chi connectivity index (χ1v) is 9.79. The molecule has 1 N–H and O–H groups in total. The molecular formula is C20H19FN6O4. The van der Waals surface area contributed by atoms with Gasteiger partial charge in [0, 0.05) is 37.8 Å². The zero-order valence-corrected chi connectivity index (χ0v) is 16.4. The summed E-state index contributed by atoms with van der Waals surface area (Å²) in [7, 11) is 0. The number of pyridine rings is 1. The fourth-order valence-corrected chi connectivity index (χ4v) is 3.94. The summed E-state index contributed by atoms with van der Waals surface area (Å²) in [6.45, 7) is 1.07. The van der Waals surface area contributed by atoms with Crippen molar-refractivity contribution in [3.63, 3.8) is 0 Å². The van der Waals surface area contributed by atoms with Gasteiger partial charge in [0.15, 0.2) is 17.3 Å². The maximum atomic E-state index is 14.4. The Balaban J connectivity index is 1.44. The van der Waals surface area contributed by atoms with Crippen molar-refractivity contribution in [3.05, 3.63) is 47.4 Å². The van der Waals surface area contributed by atoms with E-state index in [1.54, 1.807) is 17.2 Å². The third kappa shape index (κ3) is 4.02. The van der Waals surface area contributed by atoms with Gasteiger partial charge in [0.2, 0.25) is 5.91 Å². The minimum Gasteiger partial charge on any atom is -0.476 e. The van der Waals surface area contributed by atoms with Gasteiger partial charge in [0.05, 0.1) is 18.2 Å². The molecule has 11 heteroatoms. The summed E-state index contributed by atoms with van der Waals surface area (Å²) in [5.41, 5.74) is 0.481. The molecular weight excluding hydrogens is 407 g/mol. The van der Waals surface area contributed by atoms with Crippen molar-refractivity contribution >= 4 is 17.7 Å².